The fraction of sp³-hybridized carbons (Fsp3) is 0.933. The Hall–Kier alpha value is -0.620. The molecule has 1 saturated carbocycles. The zero-order valence-corrected chi connectivity index (χ0v) is 13.8. The molecule has 21 heavy (non-hydrogen) atoms. The van der Waals surface area contributed by atoms with Crippen molar-refractivity contribution < 1.29 is 13.2 Å². The minimum atomic E-state index is -3.04. The van der Waals surface area contributed by atoms with E-state index in [1.165, 1.54) is 19.3 Å². The topological polar surface area (TPSA) is 66.5 Å². The van der Waals surface area contributed by atoms with Crippen LogP contribution >= 0.6 is 0 Å². The van der Waals surface area contributed by atoms with Crippen LogP contribution in [0.25, 0.3) is 0 Å². The van der Waals surface area contributed by atoms with Gasteiger partial charge in [-0.15, -0.1) is 0 Å². The first-order chi connectivity index (χ1) is 10.0. The van der Waals surface area contributed by atoms with Gasteiger partial charge in [-0.1, -0.05) is 19.3 Å². The molecule has 0 atom stereocenters. The number of hydrogen-bond donors (Lipinski definition) is 1. The van der Waals surface area contributed by atoms with Crippen molar-refractivity contribution in [2.75, 3.05) is 25.4 Å². The first-order valence-corrected chi connectivity index (χ1v) is 9.86. The number of sulfonamides is 1. The Bertz CT molecular complexity index is 438. The number of carbonyl (C=O) groups is 1. The van der Waals surface area contributed by atoms with Crippen LogP contribution in [0.4, 0.5) is 0 Å². The Balaban J connectivity index is 1.61. The summed E-state index contributed by atoms with van der Waals surface area (Å²) in [6, 6.07) is 0. The summed E-state index contributed by atoms with van der Waals surface area (Å²) < 4.78 is 25.1. The lowest BCUT2D eigenvalue weighted by Crippen LogP contribution is -2.42. The summed E-state index contributed by atoms with van der Waals surface area (Å²) in [6.45, 7) is 3.57. The van der Waals surface area contributed by atoms with Gasteiger partial charge < -0.3 is 5.32 Å². The van der Waals surface area contributed by atoms with Gasteiger partial charge >= 0.3 is 0 Å². The smallest absolute Gasteiger partial charge is 0.220 e. The molecule has 0 radical (unpaired) electrons. The van der Waals surface area contributed by atoms with Crippen LogP contribution in [0.1, 0.15) is 51.9 Å². The van der Waals surface area contributed by atoms with E-state index in [-0.39, 0.29) is 11.7 Å². The van der Waals surface area contributed by atoms with Crippen LogP contribution in [-0.2, 0) is 14.8 Å². The van der Waals surface area contributed by atoms with Gasteiger partial charge in [-0.3, -0.25) is 4.79 Å². The highest BCUT2D eigenvalue weighted by Gasteiger charge is 2.26. The number of carbonyl (C=O) groups excluding carboxylic acids is 1. The summed E-state index contributed by atoms with van der Waals surface area (Å²) in [6.07, 6.45) is 7.28. The van der Waals surface area contributed by atoms with E-state index in [1.807, 2.05) is 0 Å². The highest BCUT2D eigenvalue weighted by Crippen LogP contribution is 2.30. The standard InChI is InChI=1S/C15H28N2O3S/c1-2-21(19,20)17-10-8-14(9-11-17)12-16-15(18)7-6-13-4-3-5-13/h13-14H,2-12H2,1H3,(H,16,18). The summed E-state index contributed by atoms with van der Waals surface area (Å²) in [4.78, 5) is 11.8. The second-order valence-corrected chi connectivity index (χ2v) is 8.64. The van der Waals surface area contributed by atoms with E-state index in [2.05, 4.69) is 5.32 Å². The van der Waals surface area contributed by atoms with Crippen molar-refractivity contribution >= 4 is 15.9 Å². The zero-order valence-electron chi connectivity index (χ0n) is 13.0. The van der Waals surface area contributed by atoms with Crippen LogP contribution in [0.3, 0.4) is 0 Å². The van der Waals surface area contributed by atoms with E-state index in [0.717, 1.165) is 25.2 Å². The van der Waals surface area contributed by atoms with E-state index >= 15 is 0 Å². The summed E-state index contributed by atoms with van der Waals surface area (Å²) in [7, 11) is -3.04. The Morgan fingerprint density at radius 1 is 1.14 bits per heavy atom. The van der Waals surface area contributed by atoms with Crippen LogP contribution in [0.2, 0.25) is 0 Å². The molecule has 0 bridgehead atoms. The molecule has 2 aliphatic rings. The third kappa shape index (κ3) is 4.95. The maximum atomic E-state index is 11.8. The number of rotatable bonds is 7. The average molecular weight is 316 g/mol. The second-order valence-electron chi connectivity index (χ2n) is 6.38. The predicted molar refractivity (Wildman–Crippen MR) is 83.3 cm³/mol. The highest BCUT2D eigenvalue weighted by atomic mass is 32.2. The minimum absolute atomic E-state index is 0.158. The predicted octanol–water partition coefficient (Wildman–Crippen LogP) is 1.74. The first-order valence-electron chi connectivity index (χ1n) is 8.25. The van der Waals surface area contributed by atoms with Crippen molar-refractivity contribution in [1.29, 1.82) is 0 Å². The Kier molecular flexibility index (Phi) is 6.05. The maximum Gasteiger partial charge on any atom is 0.220 e. The van der Waals surface area contributed by atoms with Crippen molar-refractivity contribution in [2.45, 2.75) is 51.9 Å². The second kappa shape index (κ2) is 7.58. The molecule has 1 amide bonds. The van der Waals surface area contributed by atoms with Gasteiger partial charge in [0.2, 0.25) is 15.9 Å². The van der Waals surface area contributed by atoms with Crippen molar-refractivity contribution in [2.24, 2.45) is 11.8 Å². The van der Waals surface area contributed by atoms with Gasteiger partial charge in [0.15, 0.2) is 0 Å². The number of piperidine rings is 1. The van der Waals surface area contributed by atoms with Gasteiger partial charge in [-0.25, -0.2) is 12.7 Å². The quantitative estimate of drug-likeness (QED) is 0.778. The lowest BCUT2D eigenvalue weighted by Gasteiger charge is -2.31. The van der Waals surface area contributed by atoms with Crippen LogP contribution in [0, 0.1) is 11.8 Å². The third-order valence-electron chi connectivity index (χ3n) is 4.92. The lowest BCUT2D eigenvalue weighted by molar-refractivity contribution is -0.121. The molecule has 122 valence electrons. The molecule has 0 aromatic rings. The Morgan fingerprint density at radius 2 is 1.81 bits per heavy atom. The average Bonchev–Trinajstić information content (AvgIpc) is 2.44. The Morgan fingerprint density at radius 3 is 2.33 bits per heavy atom. The van der Waals surface area contributed by atoms with Crippen molar-refractivity contribution in [1.82, 2.24) is 9.62 Å². The van der Waals surface area contributed by atoms with Gasteiger partial charge in [0, 0.05) is 26.1 Å². The lowest BCUT2D eigenvalue weighted by atomic mass is 9.82. The first kappa shape index (κ1) is 16.7. The molecule has 2 rings (SSSR count). The highest BCUT2D eigenvalue weighted by molar-refractivity contribution is 7.89. The molecule has 1 N–H and O–H groups in total. The summed E-state index contributed by atoms with van der Waals surface area (Å²) in [5.74, 6) is 1.53. The largest absolute Gasteiger partial charge is 0.356 e. The minimum Gasteiger partial charge on any atom is -0.356 e. The van der Waals surface area contributed by atoms with Crippen molar-refractivity contribution in [3.63, 3.8) is 0 Å². The molecule has 1 aliphatic heterocycles. The number of nitrogens with one attached hydrogen (secondary N) is 1. The maximum absolute atomic E-state index is 11.8. The fourth-order valence-corrected chi connectivity index (χ4v) is 4.17. The molecule has 0 spiro atoms. The van der Waals surface area contributed by atoms with Gasteiger partial charge in [0.25, 0.3) is 0 Å². The van der Waals surface area contributed by atoms with Crippen LogP contribution in [-0.4, -0.2) is 44.0 Å². The monoisotopic (exact) mass is 316 g/mol. The number of nitrogens with zero attached hydrogens (tertiary/aromatic N) is 1. The van der Waals surface area contributed by atoms with Gasteiger partial charge in [-0.2, -0.15) is 0 Å². The summed E-state index contributed by atoms with van der Waals surface area (Å²) in [5.41, 5.74) is 0. The zero-order chi connectivity index (χ0) is 15.3. The van der Waals surface area contributed by atoms with Crippen molar-refractivity contribution in [3.05, 3.63) is 0 Å². The van der Waals surface area contributed by atoms with Crippen molar-refractivity contribution in [3.8, 4) is 0 Å². The molecule has 0 aromatic heterocycles. The van der Waals surface area contributed by atoms with E-state index in [1.54, 1.807) is 11.2 Å². The summed E-state index contributed by atoms with van der Waals surface area (Å²) in [5, 5.41) is 3.02. The number of amides is 1. The summed E-state index contributed by atoms with van der Waals surface area (Å²) >= 11 is 0. The van der Waals surface area contributed by atoms with Crippen LogP contribution in [0.15, 0.2) is 0 Å². The van der Waals surface area contributed by atoms with E-state index in [4.69, 9.17) is 0 Å². The molecule has 0 aromatic carbocycles. The molecule has 6 heteroatoms. The molecule has 2 fully saturated rings. The van der Waals surface area contributed by atoms with Crippen LogP contribution in [0.5, 0.6) is 0 Å². The normalized spacial score (nSPS) is 22.0. The van der Waals surface area contributed by atoms with Gasteiger partial charge in [-0.05, 0) is 38.0 Å². The molecule has 5 nitrogen and oxygen atoms in total. The fourth-order valence-electron chi connectivity index (χ4n) is 3.04. The SMILES string of the molecule is CCS(=O)(=O)N1CCC(CNC(=O)CCC2CCC2)CC1. The van der Waals surface area contributed by atoms with Gasteiger partial charge in [0.05, 0.1) is 5.75 Å². The van der Waals surface area contributed by atoms with Crippen LogP contribution < -0.4 is 5.32 Å². The molecular formula is C15H28N2O3S. The molecule has 1 aliphatic carbocycles. The molecular weight excluding hydrogens is 288 g/mol. The third-order valence-corrected chi connectivity index (χ3v) is 6.81. The van der Waals surface area contributed by atoms with E-state index in [0.29, 0.717) is 32.0 Å². The molecule has 0 unspecified atom stereocenters. The Labute approximate surface area is 128 Å². The van der Waals surface area contributed by atoms with E-state index < -0.39 is 10.0 Å². The molecule has 1 saturated heterocycles. The number of hydrogen-bond acceptors (Lipinski definition) is 3. The van der Waals surface area contributed by atoms with E-state index in [9.17, 15) is 13.2 Å². The van der Waals surface area contributed by atoms with Gasteiger partial charge in [0.1, 0.15) is 0 Å². The molecule has 1 heterocycles.